The third-order valence-corrected chi connectivity index (χ3v) is 5.82. The summed E-state index contributed by atoms with van der Waals surface area (Å²) < 4.78 is 6.08. The van der Waals surface area contributed by atoms with Gasteiger partial charge in [-0.25, -0.2) is 4.98 Å². The molecule has 0 fully saturated rings. The summed E-state index contributed by atoms with van der Waals surface area (Å²) in [5.41, 5.74) is 3.47. The highest BCUT2D eigenvalue weighted by Crippen LogP contribution is 2.31. The third-order valence-electron chi connectivity index (χ3n) is 3.88. The van der Waals surface area contributed by atoms with E-state index in [1.807, 2.05) is 25.1 Å². The largest absolute Gasteiger partial charge is 0.487 e. The van der Waals surface area contributed by atoms with Gasteiger partial charge in [-0.2, -0.15) is 0 Å². The number of allylic oxidation sites excluding steroid dienone is 1. The van der Waals surface area contributed by atoms with Crippen molar-refractivity contribution in [2.45, 2.75) is 13.5 Å². The average Bonchev–Trinajstić information content (AvgIpc) is 3.32. The number of benzene rings is 1. The Morgan fingerprint density at radius 3 is 2.72 bits per heavy atom. The molecule has 3 heterocycles. The van der Waals surface area contributed by atoms with Gasteiger partial charge in [-0.15, -0.1) is 22.7 Å². The lowest BCUT2D eigenvalue weighted by Gasteiger charge is -2.24. The van der Waals surface area contributed by atoms with Gasteiger partial charge in [0.25, 0.3) is 0 Å². The summed E-state index contributed by atoms with van der Waals surface area (Å²) in [6.45, 7) is 3.40. The highest BCUT2D eigenvalue weighted by Gasteiger charge is 2.18. The van der Waals surface area contributed by atoms with Crippen LogP contribution in [0.4, 0.5) is 5.13 Å². The number of aryl methyl sites for hydroxylation is 1. The molecule has 3 aromatic rings. The van der Waals surface area contributed by atoms with Crippen molar-refractivity contribution in [2.24, 2.45) is 0 Å². The Kier molecular flexibility index (Phi) is 4.68. The van der Waals surface area contributed by atoms with Crippen LogP contribution in [0.1, 0.15) is 16.1 Å². The van der Waals surface area contributed by atoms with Crippen LogP contribution in [0.2, 0.25) is 0 Å². The molecule has 0 bridgehead atoms. The second kappa shape index (κ2) is 7.25. The summed E-state index contributed by atoms with van der Waals surface area (Å²) in [4.78, 5) is 8.07. The lowest BCUT2D eigenvalue weighted by atomic mass is 10.1. The number of nitrogens with zero attached hydrogens (tertiary/aromatic N) is 2. The van der Waals surface area contributed by atoms with Gasteiger partial charge < -0.3 is 9.64 Å². The first-order valence-electron chi connectivity index (χ1n) is 8.10. The van der Waals surface area contributed by atoms with Crippen molar-refractivity contribution in [3.05, 3.63) is 87.4 Å². The second-order valence-corrected chi connectivity index (χ2v) is 7.64. The van der Waals surface area contributed by atoms with Gasteiger partial charge in [0.1, 0.15) is 12.4 Å². The summed E-state index contributed by atoms with van der Waals surface area (Å²) in [6.07, 6.45) is 4.20. The fraction of sp³-hybridized carbons (Fsp3) is 0.150. The van der Waals surface area contributed by atoms with E-state index in [2.05, 4.69) is 57.2 Å². The van der Waals surface area contributed by atoms with E-state index in [1.54, 1.807) is 22.7 Å². The molecule has 0 aliphatic carbocycles. The van der Waals surface area contributed by atoms with E-state index < -0.39 is 0 Å². The number of hydrogen-bond acceptors (Lipinski definition) is 5. The quantitative estimate of drug-likeness (QED) is 0.598. The fourth-order valence-electron chi connectivity index (χ4n) is 2.66. The van der Waals surface area contributed by atoms with Crippen LogP contribution in [0.3, 0.4) is 0 Å². The first-order valence-corrected chi connectivity index (χ1v) is 9.85. The second-order valence-electron chi connectivity index (χ2n) is 5.85. The molecule has 2 aromatic heterocycles. The minimum atomic E-state index is 0.561. The molecule has 1 aliphatic rings. The van der Waals surface area contributed by atoms with E-state index in [4.69, 9.17) is 4.74 Å². The minimum absolute atomic E-state index is 0.561. The predicted molar refractivity (Wildman–Crippen MR) is 106 cm³/mol. The summed E-state index contributed by atoms with van der Waals surface area (Å²) in [7, 11) is 0. The SMILES string of the molecule is Cc1csc(N2C=C(OCc3ccccc3)C=C(c3cccs3)C2)n1. The van der Waals surface area contributed by atoms with Crippen LogP contribution in [0.25, 0.3) is 5.57 Å². The molecule has 0 atom stereocenters. The topological polar surface area (TPSA) is 25.4 Å². The first-order chi connectivity index (χ1) is 12.3. The summed E-state index contributed by atoms with van der Waals surface area (Å²) in [6, 6.07) is 14.5. The number of rotatable bonds is 5. The van der Waals surface area contributed by atoms with E-state index in [-0.39, 0.29) is 0 Å². The summed E-state index contributed by atoms with van der Waals surface area (Å²) >= 11 is 3.42. The Labute approximate surface area is 155 Å². The van der Waals surface area contributed by atoms with Gasteiger partial charge in [0.15, 0.2) is 5.13 Å². The van der Waals surface area contributed by atoms with Gasteiger partial charge in [-0.05, 0) is 35.6 Å². The van der Waals surface area contributed by atoms with Gasteiger partial charge in [-0.3, -0.25) is 0 Å². The Bertz CT molecular complexity index is 895. The molecule has 5 heteroatoms. The molecule has 0 spiro atoms. The maximum Gasteiger partial charge on any atom is 0.189 e. The Morgan fingerprint density at radius 1 is 1.12 bits per heavy atom. The molecule has 1 aromatic carbocycles. The fourth-order valence-corrected chi connectivity index (χ4v) is 4.18. The van der Waals surface area contributed by atoms with Crippen LogP contribution in [0, 0.1) is 6.92 Å². The standard InChI is InChI=1S/C20H18N2OS2/c1-15-14-25-20(21-15)22-11-17(19-8-5-9-24-19)10-18(12-22)23-13-16-6-3-2-4-7-16/h2-10,12,14H,11,13H2,1H3. The van der Waals surface area contributed by atoms with Crippen LogP contribution in [-0.4, -0.2) is 11.5 Å². The van der Waals surface area contributed by atoms with Crippen molar-refractivity contribution < 1.29 is 4.74 Å². The Balaban J connectivity index is 1.59. The lowest BCUT2D eigenvalue weighted by molar-refractivity contribution is 0.209. The predicted octanol–water partition coefficient (Wildman–Crippen LogP) is 5.47. The van der Waals surface area contributed by atoms with E-state index in [1.165, 1.54) is 10.5 Å². The van der Waals surface area contributed by atoms with Crippen molar-refractivity contribution in [3.8, 4) is 0 Å². The number of thiophene rings is 1. The third kappa shape index (κ3) is 3.83. The van der Waals surface area contributed by atoms with Crippen LogP contribution < -0.4 is 4.90 Å². The molecular formula is C20H18N2OS2. The van der Waals surface area contributed by atoms with Gasteiger partial charge in [-0.1, -0.05) is 36.4 Å². The monoisotopic (exact) mass is 366 g/mol. The zero-order valence-corrected chi connectivity index (χ0v) is 15.5. The zero-order chi connectivity index (χ0) is 17.1. The first kappa shape index (κ1) is 16.1. The molecule has 1 aliphatic heterocycles. The lowest BCUT2D eigenvalue weighted by Crippen LogP contribution is -2.22. The van der Waals surface area contributed by atoms with Crippen molar-refractivity contribution in [2.75, 3.05) is 11.4 Å². The maximum absolute atomic E-state index is 6.08. The van der Waals surface area contributed by atoms with E-state index in [0.29, 0.717) is 6.61 Å². The number of hydrogen-bond donors (Lipinski definition) is 0. The van der Waals surface area contributed by atoms with Crippen molar-refractivity contribution in [1.29, 1.82) is 0 Å². The number of ether oxygens (including phenoxy) is 1. The Morgan fingerprint density at radius 2 is 2.00 bits per heavy atom. The van der Waals surface area contributed by atoms with Gasteiger partial charge in [0, 0.05) is 16.5 Å². The van der Waals surface area contributed by atoms with Crippen molar-refractivity contribution >= 4 is 33.4 Å². The number of thiazole rings is 1. The molecule has 4 rings (SSSR count). The smallest absolute Gasteiger partial charge is 0.189 e. The highest BCUT2D eigenvalue weighted by molar-refractivity contribution is 7.13. The molecule has 3 nitrogen and oxygen atoms in total. The van der Waals surface area contributed by atoms with Gasteiger partial charge >= 0.3 is 0 Å². The van der Waals surface area contributed by atoms with E-state index in [9.17, 15) is 0 Å². The molecule has 0 saturated heterocycles. The van der Waals surface area contributed by atoms with Gasteiger partial charge in [0.2, 0.25) is 0 Å². The molecule has 0 amide bonds. The summed E-state index contributed by atoms with van der Waals surface area (Å²) in [5.74, 6) is 0.867. The zero-order valence-electron chi connectivity index (χ0n) is 13.9. The van der Waals surface area contributed by atoms with E-state index >= 15 is 0 Å². The van der Waals surface area contributed by atoms with Crippen LogP contribution in [-0.2, 0) is 11.3 Å². The van der Waals surface area contributed by atoms with Crippen LogP contribution in [0.5, 0.6) is 0 Å². The minimum Gasteiger partial charge on any atom is -0.487 e. The summed E-state index contributed by atoms with van der Waals surface area (Å²) in [5, 5.41) is 5.19. The van der Waals surface area contributed by atoms with Crippen molar-refractivity contribution in [1.82, 2.24) is 4.98 Å². The molecule has 25 heavy (non-hydrogen) atoms. The molecule has 0 unspecified atom stereocenters. The number of aromatic nitrogens is 1. The number of anilines is 1. The van der Waals surface area contributed by atoms with E-state index in [0.717, 1.165) is 28.7 Å². The molecule has 0 radical (unpaired) electrons. The van der Waals surface area contributed by atoms with Crippen LogP contribution in [0.15, 0.2) is 71.3 Å². The molecule has 0 saturated carbocycles. The molecular weight excluding hydrogens is 348 g/mol. The van der Waals surface area contributed by atoms with Crippen LogP contribution >= 0.6 is 22.7 Å². The molecule has 126 valence electrons. The van der Waals surface area contributed by atoms with Crippen molar-refractivity contribution in [3.63, 3.8) is 0 Å². The Hall–Kier alpha value is -2.37. The average molecular weight is 367 g/mol. The highest BCUT2D eigenvalue weighted by atomic mass is 32.1. The molecule has 0 N–H and O–H groups in total. The normalized spacial score (nSPS) is 14.2. The van der Waals surface area contributed by atoms with Gasteiger partial charge in [0.05, 0.1) is 12.2 Å². The maximum atomic E-state index is 6.08.